The van der Waals surface area contributed by atoms with Gasteiger partial charge in [0.2, 0.25) is 5.91 Å². The van der Waals surface area contributed by atoms with Crippen LogP contribution in [0, 0.1) is 18.6 Å². The number of anilines is 1. The van der Waals surface area contributed by atoms with Crippen molar-refractivity contribution in [1.29, 1.82) is 0 Å². The number of carbonyl (C=O) groups excluding carboxylic acids is 2. The Balaban J connectivity index is 1.87. The molecule has 110 valence electrons. The third-order valence-electron chi connectivity index (χ3n) is 2.58. The lowest BCUT2D eigenvalue weighted by atomic mass is 10.3. The maximum atomic E-state index is 13.0. The molecule has 0 aliphatic rings. The molecule has 1 aromatic heterocycles. The molecular formula is C14H12F2N2O2S. The minimum absolute atomic E-state index is 0.125. The summed E-state index contributed by atoms with van der Waals surface area (Å²) < 4.78 is 25.7. The van der Waals surface area contributed by atoms with E-state index in [1.54, 1.807) is 12.1 Å². The third kappa shape index (κ3) is 4.09. The lowest BCUT2D eigenvalue weighted by Gasteiger charge is -2.06. The van der Waals surface area contributed by atoms with Gasteiger partial charge in [-0.2, -0.15) is 0 Å². The molecule has 0 bridgehead atoms. The number of halogens is 2. The zero-order chi connectivity index (χ0) is 15.4. The second kappa shape index (κ2) is 6.45. The highest BCUT2D eigenvalue weighted by Crippen LogP contribution is 2.15. The van der Waals surface area contributed by atoms with Crippen LogP contribution in [0.5, 0.6) is 0 Å². The van der Waals surface area contributed by atoms with Crippen LogP contribution in [0.25, 0.3) is 0 Å². The minimum atomic E-state index is -1.05. The lowest BCUT2D eigenvalue weighted by molar-refractivity contribution is -0.115. The average molecular weight is 310 g/mol. The monoisotopic (exact) mass is 310 g/mol. The smallest absolute Gasteiger partial charge is 0.261 e. The first-order valence-corrected chi connectivity index (χ1v) is 6.87. The Morgan fingerprint density at radius 1 is 1.14 bits per heavy atom. The van der Waals surface area contributed by atoms with E-state index in [1.165, 1.54) is 17.4 Å². The molecule has 4 nitrogen and oxygen atoms in total. The van der Waals surface area contributed by atoms with Crippen molar-refractivity contribution >= 4 is 28.8 Å². The zero-order valence-electron chi connectivity index (χ0n) is 11.1. The Hall–Kier alpha value is -2.28. The molecule has 0 atom stereocenters. The summed E-state index contributed by atoms with van der Waals surface area (Å²) in [6.07, 6.45) is 0. The van der Waals surface area contributed by atoms with Gasteiger partial charge in [0.15, 0.2) is 11.6 Å². The molecule has 0 aliphatic carbocycles. The molecule has 0 unspecified atom stereocenters. The summed E-state index contributed by atoms with van der Waals surface area (Å²) in [4.78, 5) is 24.8. The van der Waals surface area contributed by atoms with E-state index in [0.29, 0.717) is 4.88 Å². The minimum Gasteiger partial charge on any atom is -0.342 e. The SMILES string of the molecule is Cc1ccc(C(=O)NCC(=O)Nc2ccc(F)c(F)c2)s1. The highest BCUT2D eigenvalue weighted by molar-refractivity contribution is 7.13. The topological polar surface area (TPSA) is 58.2 Å². The number of aryl methyl sites for hydroxylation is 1. The number of amides is 2. The van der Waals surface area contributed by atoms with Gasteiger partial charge in [-0.15, -0.1) is 11.3 Å². The van der Waals surface area contributed by atoms with Crippen molar-refractivity contribution < 1.29 is 18.4 Å². The number of nitrogens with one attached hydrogen (secondary N) is 2. The number of rotatable bonds is 4. The molecule has 2 aromatic rings. The molecule has 21 heavy (non-hydrogen) atoms. The highest BCUT2D eigenvalue weighted by Gasteiger charge is 2.10. The predicted octanol–water partition coefficient (Wildman–Crippen LogP) is 2.70. The van der Waals surface area contributed by atoms with Gasteiger partial charge < -0.3 is 10.6 Å². The Morgan fingerprint density at radius 2 is 1.90 bits per heavy atom. The third-order valence-corrected chi connectivity index (χ3v) is 3.58. The summed E-state index contributed by atoms with van der Waals surface area (Å²) in [5, 5.41) is 4.81. The summed E-state index contributed by atoms with van der Waals surface area (Å²) in [7, 11) is 0. The molecule has 1 aromatic carbocycles. The van der Waals surface area contributed by atoms with E-state index in [9.17, 15) is 18.4 Å². The molecule has 0 saturated heterocycles. The van der Waals surface area contributed by atoms with Crippen LogP contribution in [0.2, 0.25) is 0 Å². The Morgan fingerprint density at radius 3 is 2.52 bits per heavy atom. The van der Waals surface area contributed by atoms with E-state index < -0.39 is 17.5 Å². The summed E-state index contributed by atoms with van der Waals surface area (Å²) >= 11 is 1.32. The maximum absolute atomic E-state index is 13.0. The maximum Gasteiger partial charge on any atom is 0.261 e. The predicted molar refractivity (Wildman–Crippen MR) is 76.4 cm³/mol. The number of thiophene rings is 1. The molecule has 2 N–H and O–H groups in total. The van der Waals surface area contributed by atoms with E-state index in [-0.39, 0.29) is 18.1 Å². The first-order valence-electron chi connectivity index (χ1n) is 6.05. The van der Waals surface area contributed by atoms with E-state index >= 15 is 0 Å². The number of benzene rings is 1. The van der Waals surface area contributed by atoms with Crippen molar-refractivity contribution in [3.05, 3.63) is 51.7 Å². The summed E-state index contributed by atoms with van der Waals surface area (Å²) in [6, 6.07) is 6.50. The van der Waals surface area contributed by atoms with Crippen molar-refractivity contribution in [3.63, 3.8) is 0 Å². The lowest BCUT2D eigenvalue weighted by Crippen LogP contribution is -2.32. The van der Waals surface area contributed by atoms with Crippen LogP contribution >= 0.6 is 11.3 Å². The first-order chi connectivity index (χ1) is 9.95. The fourth-order valence-electron chi connectivity index (χ4n) is 1.58. The highest BCUT2D eigenvalue weighted by atomic mass is 32.1. The van der Waals surface area contributed by atoms with E-state index in [0.717, 1.165) is 17.0 Å². The molecule has 0 fully saturated rings. The molecule has 0 spiro atoms. The van der Waals surface area contributed by atoms with Gasteiger partial charge in [0.05, 0.1) is 11.4 Å². The van der Waals surface area contributed by atoms with Crippen LogP contribution in [-0.2, 0) is 4.79 Å². The average Bonchev–Trinajstić information content (AvgIpc) is 2.87. The second-order valence-electron chi connectivity index (χ2n) is 4.27. The Labute approximate surface area is 123 Å². The number of hydrogen-bond donors (Lipinski definition) is 2. The van der Waals surface area contributed by atoms with Crippen molar-refractivity contribution in [2.75, 3.05) is 11.9 Å². The summed E-state index contributed by atoms with van der Waals surface area (Å²) in [6.45, 7) is 1.62. The van der Waals surface area contributed by atoms with Crippen LogP contribution in [0.4, 0.5) is 14.5 Å². The molecule has 0 saturated carbocycles. The van der Waals surface area contributed by atoms with Crippen LogP contribution in [-0.4, -0.2) is 18.4 Å². The van der Waals surface area contributed by atoms with Gasteiger partial charge in [-0.25, -0.2) is 8.78 Å². The molecule has 7 heteroatoms. The molecule has 2 amide bonds. The normalized spacial score (nSPS) is 10.2. The summed E-state index contributed by atoms with van der Waals surface area (Å²) in [5.41, 5.74) is 0.125. The number of carbonyl (C=O) groups is 2. The van der Waals surface area contributed by atoms with Gasteiger partial charge in [0.1, 0.15) is 0 Å². The van der Waals surface area contributed by atoms with Crippen LogP contribution < -0.4 is 10.6 Å². The molecule has 0 radical (unpaired) electrons. The van der Waals surface area contributed by atoms with Crippen LogP contribution in [0.3, 0.4) is 0 Å². The molecule has 2 rings (SSSR count). The van der Waals surface area contributed by atoms with Crippen LogP contribution in [0.1, 0.15) is 14.5 Å². The van der Waals surface area contributed by atoms with Gasteiger partial charge >= 0.3 is 0 Å². The fraction of sp³-hybridized carbons (Fsp3) is 0.143. The van der Waals surface area contributed by atoms with Crippen molar-refractivity contribution in [2.45, 2.75) is 6.92 Å². The van der Waals surface area contributed by atoms with Crippen LogP contribution in [0.15, 0.2) is 30.3 Å². The largest absolute Gasteiger partial charge is 0.342 e. The van der Waals surface area contributed by atoms with Crippen molar-refractivity contribution in [3.8, 4) is 0 Å². The molecule has 0 aliphatic heterocycles. The Kier molecular flexibility index (Phi) is 4.64. The quantitative estimate of drug-likeness (QED) is 0.912. The van der Waals surface area contributed by atoms with Gasteiger partial charge in [0, 0.05) is 16.6 Å². The second-order valence-corrected chi connectivity index (χ2v) is 5.56. The van der Waals surface area contributed by atoms with Gasteiger partial charge in [-0.3, -0.25) is 9.59 Å². The molecule has 1 heterocycles. The van der Waals surface area contributed by atoms with Gasteiger partial charge in [0.25, 0.3) is 5.91 Å². The fourth-order valence-corrected chi connectivity index (χ4v) is 2.37. The van der Waals surface area contributed by atoms with Crippen molar-refractivity contribution in [1.82, 2.24) is 5.32 Å². The first kappa shape index (κ1) is 15.1. The van der Waals surface area contributed by atoms with E-state index in [2.05, 4.69) is 10.6 Å². The van der Waals surface area contributed by atoms with Gasteiger partial charge in [-0.05, 0) is 31.2 Å². The van der Waals surface area contributed by atoms with Gasteiger partial charge in [-0.1, -0.05) is 0 Å². The summed E-state index contributed by atoms with van der Waals surface area (Å²) in [5.74, 6) is -2.92. The standard InChI is InChI=1S/C14H12F2N2O2S/c1-8-2-5-12(21-8)14(20)17-7-13(19)18-9-3-4-10(15)11(16)6-9/h2-6H,7H2,1H3,(H,17,20)(H,18,19). The van der Waals surface area contributed by atoms with Crippen molar-refractivity contribution in [2.24, 2.45) is 0 Å². The van der Waals surface area contributed by atoms with E-state index in [4.69, 9.17) is 0 Å². The molecular weight excluding hydrogens is 298 g/mol. The number of hydrogen-bond acceptors (Lipinski definition) is 3. The zero-order valence-corrected chi connectivity index (χ0v) is 11.9. The Bertz CT molecular complexity index is 685. The van der Waals surface area contributed by atoms with E-state index in [1.807, 2.05) is 6.92 Å².